The van der Waals surface area contributed by atoms with Crippen molar-refractivity contribution >= 4 is 11.9 Å². The van der Waals surface area contributed by atoms with Gasteiger partial charge in [0.1, 0.15) is 0 Å². The highest BCUT2D eigenvalue weighted by Gasteiger charge is 2.29. The number of terminal acetylenes is 1. The van der Waals surface area contributed by atoms with Crippen LogP contribution in [-0.4, -0.2) is 34.2 Å². The van der Waals surface area contributed by atoms with Gasteiger partial charge in [-0.1, -0.05) is 0 Å². The topological polar surface area (TPSA) is 86.6 Å². The van der Waals surface area contributed by atoms with Crippen molar-refractivity contribution in [2.45, 2.75) is 25.4 Å². The van der Waals surface area contributed by atoms with Crippen molar-refractivity contribution in [3.8, 4) is 12.3 Å². The van der Waals surface area contributed by atoms with Crippen molar-refractivity contribution in [1.29, 1.82) is 0 Å². The van der Waals surface area contributed by atoms with Crippen LogP contribution in [0.5, 0.6) is 0 Å². The first-order valence-electron chi connectivity index (χ1n) is 4.06. The molecule has 0 aliphatic rings. The third-order valence-electron chi connectivity index (χ3n) is 1.59. The number of carbonyl (C=O) groups excluding carboxylic acids is 1. The van der Waals surface area contributed by atoms with Gasteiger partial charge in [-0.3, -0.25) is 4.79 Å². The van der Waals surface area contributed by atoms with Gasteiger partial charge in [-0.15, -0.1) is 12.3 Å². The number of aliphatic hydroxyl groups is 1. The number of carboxylic acid groups (broad SMARTS) is 1. The first kappa shape index (κ1) is 12.5. The molecule has 0 aromatic rings. The summed E-state index contributed by atoms with van der Waals surface area (Å²) in [5, 5.41) is 20.0. The maximum absolute atomic E-state index is 11.0. The lowest BCUT2D eigenvalue weighted by Crippen LogP contribution is -2.46. The fraction of sp³-hybridized carbons (Fsp3) is 0.556. The molecule has 14 heavy (non-hydrogen) atoms. The summed E-state index contributed by atoms with van der Waals surface area (Å²) in [6, 6.07) is 0. The van der Waals surface area contributed by atoms with Crippen LogP contribution in [0.2, 0.25) is 0 Å². The van der Waals surface area contributed by atoms with Crippen molar-refractivity contribution in [2.75, 3.05) is 6.54 Å². The fourth-order valence-corrected chi connectivity index (χ4v) is 0.620. The molecule has 0 radical (unpaired) electrons. The van der Waals surface area contributed by atoms with Crippen molar-refractivity contribution in [3.05, 3.63) is 0 Å². The third-order valence-corrected chi connectivity index (χ3v) is 1.59. The van der Waals surface area contributed by atoms with E-state index in [1.165, 1.54) is 0 Å². The van der Waals surface area contributed by atoms with Gasteiger partial charge in [0, 0.05) is 12.8 Å². The Kier molecular flexibility index (Phi) is 4.67. The summed E-state index contributed by atoms with van der Waals surface area (Å²) in [5.74, 6) is 0.528. The molecule has 5 nitrogen and oxygen atoms in total. The first-order valence-corrected chi connectivity index (χ1v) is 4.06. The molecule has 0 aliphatic heterocycles. The number of hydrogen-bond donors (Lipinski definition) is 3. The molecule has 0 saturated heterocycles. The van der Waals surface area contributed by atoms with Crippen LogP contribution in [0.3, 0.4) is 0 Å². The summed E-state index contributed by atoms with van der Waals surface area (Å²) in [6.45, 7) is 0.780. The van der Waals surface area contributed by atoms with E-state index in [9.17, 15) is 14.7 Å². The van der Waals surface area contributed by atoms with Gasteiger partial charge >= 0.3 is 5.97 Å². The molecule has 0 bridgehead atoms. The lowest BCUT2D eigenvalue weighted by atomic mass is 10.1. The van der Waals surface area contributed by atoms with Gasteiger partial charge in [0.25, 0.3) is 0 Å². The number of hydrogen-bond acceptors (Lipinski definition) is 3. The molecular formula is C9H13NO4. The molecule has 0 heterocycles. The Morgan fingerprint density at radius 1 is 1.57 bits per heavy atom. The van der Waals surface area contributed by atoms with E-state index in [1.54, 1.807) is 0 Å². The zero-order valence-electron chi connectivity index (χ0n) is 7.91. The monoisotopic (exact) mass is 199 g/mol. The van der Waals surface area contributed by atoms with Crippen LogP contribution >= 0.6 is 0 Å². The molecule has 3 N–H and O–H groups in total. The minimum absolute atomic E-state index is 0.131. The van der Waals surface area contributed by atoms with Crippen molar-refractivity contribution in [1.82, 2.24) is 5.32 Å². The highest BCUT2D eigenvalue weighted by Crippen LogP contribution is 2.00. The van der Waals surface area contributed by atoms with E-state index in [0.717, 1.165) is 6.92 Å². The molecule has 0 aromatic carbocycles. The third kappa shape index (κ3) is 4.48. The summed E-state index contributed by atoms with van der Waals surface area (Å²) in [4.78, 5) is 21.4. The second-order valence-corrected chi connectivity index (χ2v) is 3.06. The molecule has 0 spiro atoms. The van der Waals surface area contributed by atoms with E-state index >= 15 is 0 Å². The van der Waals surface area contributed by atoms with Crippen LogP contribution < -0.4 is 5.32 Å². The molecule has 1 atom stereocenters. The number of rotatable bonds is 5. The minimum atomic E-state index is -1.94. The smallest absolute Gasteiger partial charge is 0.337 e. The second-order valence-electron chi connectivity index (χ2n) is 3.06. The number of carbonyl (C=O) groups is 2. The second kappa shape index (κ2) is 5.25. The molecule has 0 aliphatic carbocycles. The van der Waals surface area contributed by atoms with Crippen LogP contribution in [0.4, 0.5) is 0 Å². The molecule has 0 aromatic heterocycles. The van der Waals surface area contributed by atoms with E-state index in [-0.39, 0.29) is 18.9 Å². The van der Waals surface area contributed by atoms with Crippen molar-refractivity contribution in [2.24, 2.45) is 0 Å². The van der Waals surface area contributed by atoms with E-state index in [1.807, 2.05) is 0 Å². The van der Waals surface area contributed by atoms with Crippen LogP contribution in [0.25, 0.3) is 0 Å². The molecule has 0 fully saturated rings. The Balaban J connectivity index is 3.89. The lowest BCUT2D eigenvalue weighted by molar-refractivity contribution is -0.156. The zero-order chi connectivity index (χ0) is 11.2. The van der Waals surface area contributed by atoms with Gasteiger partial charge in [-0.2, -0.15) is 0 Å². The number of nitrogens with one attached hydrogen (secondary N) is 1. The summed E-state index contributed by atoms with van der Waals surface area (Å²) in [5.41, 5.74) is -1.94. The fourth-order valence-electron chi connectivity index (χ4n) is 0.620. The molecular weight excluding hydrogens is 186 g/mol. The summed E-state index contributed by atoms with van der Waals surface area (Å²) >= 11 is 0. The predicted molar refractivity (Wildman–Crippen MR) is 49.3 cm³/mol. The summed E-state index contributed by atoms with van der Waals surface area (Å²) < 4.78 is 0. The standard InChI is InChI=1S/C9H13NO4/c1-3-4-5-7(11)10-6-9(2,14)8(12)13/h1,14H,4-6H2,2H3,(H,10,11)(H,12,13). The molecule has 0 saturated carbocycles. The van der Waals surface area contributed by atoms with Crippen molar-refractivity contribution < 1.29 is 19.8 Å². The summed E-state index contributed by atoms with van der Waals surface area (Å²) in [7, 11) is 0. The lowest BCUT2D eigenvalue weighted by Gasteiger charge is -2.17. The molecule has 0 rings (SSSR count). The predicted octanol–water partition coefficient (Wildman–Crippen LogP) is -0.648. The normalized spacial score (nSPS) is 13.8. The van der Waals surface area contributed by atoms with E-state index < -0.39 is 11.6 Å². The number of aliphatic carboxylic acids is 1. The Hall–Kier alpha value is -1.54. The van der Waals surface area contributed by atoms with Gasteiger partial charge in [0.05, 0.1) is 6.54 Å². The van der Waals surface area contributed by atoms with Crippen LogP contribution in [0.15, 0.2) is 0 Å². The largest absolute Gasteiger partial charge is 0.479 e. The number of carboxylic acids is 1. The van der Waals surface area contributed by atoms with Crippen LogP contribution in [-0.2, 0) is 9.59 Å². The van der Waals surface area contributed by atoms with Gasteiger partial charge in [-0.25, -0.2) is 4.79 Å². The Labute approximate surface area is 82.1 Å². The highest BCUT2D eigenvalue weighted by atomic mass is 16.4. The quantitative estimate of drug-likeness (QED) is 0.513. The van der Waals surface area contributed by atoms with Gasteiger partial charge in [0.2, 0.25) is 5.91 Å². The average Bonchev–Trinajstić information content (AvgIpc) is 2.11. The van der Waals surface area contributed by atoms with Crippen LogP contribution in [0, 0.1) is 12.3 Å². The Morgan fingerprint density at radius 2 is 2.14 bits per heavy atom. The minimum Gasteiger partial charge on any atom is -0.479 e. The van der Waals surface area contributed by atoms with E-state index in [4.69, 9.17) is 11.5 Å². The maximum Gasteiger partial charge on any atom is 0.337 e. The van der Waals surface area contributed by atoms with E-state index in [0.29, 0.717) is 6.42 Å². The SMILES string of the molecule is C#CCCC(=O)NCC(C)(O)C(=O)O. The highest BCUT2D eigenvalue weighted by molar-refractivity contribution is 5.80. The van der Waals surface area contributed by atoms with E-state index in [2.05, 4.69) is 11.2 Å². The Bertz CT molecular complexity index is 264. The Morgan fingerprint density at radius 3 is 2.57 bits per heavy atom. The number of amides is 1. The zero-order valence-corrected chi connectivity index (χ0v) is 7.91. The van der Waals surface area contributed by atoms with Gasteiger partial charge in [-0.05, 0) is 6.92 Å². The molecule has 5 heteroatoms. The molecule has 78 valence electrons. The maximum atomic E-state index is 11.0. The molecule has 1 unspecified atom stereocenters. The summed E-state index contributed by atoms with van der Waals surface area (Å²) in [6.07, 6.45) is 5.36. The van der Waals surface area contributed by atoms with Crippen molar-refractivity contribution in [3.63, 3.8) is 0 Å². The van der Waals surface area contributed by atoms with Gasteiger partial charge in [0.15, 0.2) is 5.60 Å². The molecule has 1 amide bonds. The van der Waals surface area contributed by atoms with Crippen LogP contribution in [0.1, 0.15) is 19.8 Å². The first-order chi connectivity index (χ1) is 6.40. The van der Waals surface area contributed by atoms with Gasteiger partial charge < -0.3 is 15.5 Å². The average molecular weight is 199 g/mol.